The van der Waals surface area contributed by atoms with E-state index in [-0.39, 0.29) is 0 Å². The molecule has 0 amide bonds. The van der Waals surface area contributed by atoms with E-state index in [2.05, 4.69) is 42.4 Å². The van der Waals surface area contributed by atoms with Crippen LogP contribution >= 0.6 is 0 Å². The maximum absolute atomic E-state index is 11.2. The summed E-state index contributed by atoms with van der Waals surface area (Å²) in [6.07, 6.45) is 4.18. The molecule has 0 radical (unpaired) electrons. The van der Waals surface area contributed by atoms with Crippen molar-refractivity contribution in [1.29, 1.82) is 0 Å². The Morgan fingerprint density at radius 3 is 3.00 bits per heavy atom. The van der Waals surface area contributed by atoms with Crippen molar-refractivity contribution in [3.8, 4) is 0 Å². The third kappa shape index (κ3) is 4.05. The number of hydrogen-bond donors (Lipinski definition) is 1. The van der Waals surface area contributed by atoms with Crippen molar-refractivity contribution < 1.29 is 4.21 Å². The molecule has 4 heteroatoms. The summed E-state index contributed by atoms with van der Waals surface area (Å²) < 4.78 is 11.2. The first-order valence-electron chi connectivity index (χ1n) is 6.92. The monoisotopic (exact) mass is 280 g/mol. The minimum atomic E-state index is -0.729. The molecule has 1 aliphatic heterocycles. The fraction of sp³-hybridized carbons (Fsp3) is 0.600. The number of anilines is 1. The largest absolute Gasteiger partial charge is 0.374 e. The molecule has 0 saturated carbocycles. The number of benzene rings is 1. The van der Waals surface area contributed by atoms with Crippen molar-refractivity contribution >= 4 is 16.5 Å². The number of fused-ring (bicyclic) bond motifs is 1. The second-order valence-corrected chi connectivity index (χ2v) is 6.99. The van der Waals surface area contributed by atoms with Crippen LogP contribution in [0.3, 0.4) is 0 Å². The summed E-state index contributed by atoms with van der Waals surface area (Å²) in [6.45, 7) is 4.10. The van der Waals surface area contributed by atoms with Gasteiger partial charge in [0.25, 0.3) is 0 Å². The molecular weight excluding hydrogens is 256 g/mol. The molecule has 1 aromatic carbocycles. The van der Waals surface area contributed by atoms with Crippen LogP contribution in [0.1, 0.15) is 24.5 Å². The lowest BCUT2D eigenvalue weighted by Crippen LogP contribution is -2.30. The summed E-state index contributed by atoms with van der Waals surface area (Å²) >= 11 is 0. The van der Waals surface area contributed by atoms with Crippen molar-refractivity contribution in [3.05, 3.63) is 29.3 Å². The summed E-state index contributed by atoms with van der Waals surface area (Å²) in [5.41, 5.74) is 4.15. The molecule has 0 spiro atoms. The van der Waals surface area contributed by atoms with Gasteiger partial charge in [-0.2, -0.15) is 0 Å². The molecule has 0 fully saturated rings. The van der Waals surface area contributed by atoms with Gasteiger partial charge in [-0.15, -0.1) is 0 Å². The van der Waals surface area contributed by atoms with Gasteiger partial charge in [0.1, 0.15) is 0 Å². The van der Waals surface area contributed by atoms with E-state index in [4.69, 9.17) is 0 Å². The molecule has 1 heterocycles. The Labute approximate surface area is 118 Å². The van der Waals surface area contributed by atoms with Gasteiger partial charge in [0.2, 0.25) is 0 Å². The van der Waals surface area contributed by atoms with Crippen LogP contribution in [-0.4, -0.2) is 35.9 Å². The average molecular weight is 280 g/mol. The first-order valence-corrected chi connectivity index (χ1v) is 8.65. The molecule has 1 aromatic rings. The van der Waals surface area contributed by atoms with E-state index in [1.165, 1.54) is 29.7 Å². The number of nitrogens with one attached hydrogen (secondary N) is 1. The van der Waals surface area contributed by atoms with E-state index in [9.17, 15) is 4.21 Å². The highest BCUT2D eigenvalue weighted by Gasteiger charge is 2.13. The van der Waals surface area contributed by atoms with Gasteiger partial charge in [0, 0.05) is 54.7 Å². The van der Waals surface area contributed by atoms with Crippen LogP contribution in [-0.2, 0) is 23.8 Å². The summed E-state index contributed by atoms with van der Waals surface area (Å²) in [5, 5.41) is 3.44. The van der Waals surface area contributed by atoms with E-state index in [1.807, 2.05) is 0 Å². The normalized spacial score (nSPS) is 17.9. The number of hydrogen-bond acceptors (Lipinski definition) is 3. The topological polar surface area (TPSA) is 32.3 Å². The van der Waals surface area contributed by atoms with Gasteiger partial charge in [-0.1, -0.05) is 12.1 Å². The highest BCUT2D eigenvalue weighted by molar-refractivity contribution is 7.84. The van der Waals surface area contributed by atoms with Crippen LogP contribution in [0.25, 0.3) is 0 Å². The molecule has 19 heavy (non-hydrogen) atoms. The van der Waals surface area contributed by atoms with E-state index in [0.29, 0.717) is 11.8 Å². The van der Waals surface area contributed by atoms with Crippen LogP contribution in [0.2, 0.25) is 0 Å². The molecule has 2 atom stereocenters. The van der Waals surface area contributed by atoms with Crippen molar-refractivity contribution in [3.63, 3.8) is 0 Å². The Kier molecular flexibility index (Phi) is 4.99. The molecule has 1 aliphatic rings. The third-order valence-corrected chi connectivity index (χ3v) is 4.60. The van der Waals surface area contributed by atoms with Gasteiger partial charge in [-0.25, -0.2) is 0 Å². The predicted octanol–water partition coefficient (Wildman–Crippen LogP) is 1.93. The molecule has 0 saturated heterocycles. The van der Waals surface area contributed by atoms with E-state index < -0.39 is 10.8 Å². The van der Waals surface area contributed by atoms with Gasteiger partial charge in [0.05, 0.1) is 0 Å². The second kappa shape index (κ2) is 6.53. The highest BCUT2D eigenvalue weighted by atomic mass is 32.2. The van der Waals surface area contributed by atoms with Crippen molar-refractivity contribution in [2.24, 2.45) is 0 Å². The maximum Gasteiger partial charge on any atom is 0.0396 e. The quantitative estimate of drug-likeness (QED) is 0.894. The summed E-state index contributed by atoms with van der Waals surface area (Å²) in [6, 6.07) is 7.04. The van der Waals surface area contributed by atoms with Gasteiger partial charge >= 0.3 is 0 Å². The standard InChI is InChI=1S/C15H24N2OS/c1-12(11-19(3)18)16-10-13-6-7-15-14(9-13)5-4-8-17(15)2/h6-7,9,12,16H,4-5,8,10-11H2,1-3H3. The second-order valence-electron chi connectivity index (χ2n) is 5.51. The Morgan fingerprint density at radius 2 is 2.26 bits per heavy atom. The van der Waals surface area contributed by atoms with Crippen molar-refractivity contribution in [1.82, 2.24) is 5.32 Å². The maximum atomic E-state index is 11.2. The Hall–Kier alpha value is -0.870. The number of nitrogens with zero attached hydrogens (tertiary/aromatic N) is 1. The number of aryl methyl sites for hydroxylation is 1. The van der Waals surface area contributed by atoms with Crippen LogP contribution < -0.4 is 10.2 Å². The van der Waals surface area contributed by atoms with Crippen LogP contribution in [0.4, 0.5) is 5.69 Å². The zero-order valence-corrected chi connectivity index (χ0v) is 12.9. The average Bonchev–Trinajstić information content (AvgIpc) is 2.36. The van der Waals surface area contributed by atoms with Gasteiger partial charge in [-0.05, 0) is 37.0 Å². The highest BCUT2D eigenvalue weighted by Crippen LogP contribution is 2.26. The SMILES string of the molecule is CC(CS(C)=O)NCc1ccc2c(c1)CCCN2C. The minimum Gasteiger partial charge on any atom is -0.374 e. The first kappa shape index (κ1) is 14.5. The van der Waals surface area contributed by atoms with Gasteiger partial charge in [0.15, 0.2) is 0 Å². The van der Waals surface area contributed by atoms with Crippen LogP contribution in [0.15, 0.2) is 18.2 Å². The smallest absolute Gasteiger partial charge is 0.0396 e. The molecular formula is C15H24N2OS. The van der Waals surface area contributed by atoms with Crippen molar-refractivity contribution in [2.45, 2.75) is 32.4 Å². The zero-order chi connectivity index (χ0) is 13.8. The fourth-order valence-corrected chi connectivity index (χ4v) is 3.47. The summed E-state index contributed by atoms with van der Waals surface area (Å²) in [4.78, 5) is 2.33. The Balaban J connectivity index is 1.96. The Morgan fingerprint density at radius 1 is 1.47 bits per heavy atom. The Bertz CT molecular complexity index is 461. The lowest BCUT2D eigenvalue weighted by atomic mass is 9.99. The molecule has 0 aliphatic carbocycles. The minimum absolute atomic E-state index is 0.296. The molecule has 0 aromatic heterocycles. The molecule has 2 unspecified atom stereocenters. The predicted molar refractivity (Wildman–Crippen MR) is 83.3 cm³/mol. The van der Waals surface area contributed by atoms with Gasteiger partial charge < -0.3 is 10.2 Å². The summed E-state index contributed by atoms with van der Waals surface area (Å²) in [5.74, 6) is 0.716. The molecule has 2 rings (SSSR count). The fourth-order valence-electron chi connectivity index (χ4n) is 2.65. The molecule has 3 nitrogen and oxygen atoms in total. The summed E-state index contributed by atoms with van der Waals surface area (Å²) in [7, 11) is 1.43. The lowest BCUT2D eigenvalue weighted by molar-refractivity contribution is 0.586. The first-order chi connectivity index (χ1) is 9.06. The van der Waals surface area contributed by atoms with Crippen LogP contribution in [0.5, 0.6) is 0 Å². The molecule has 1 N–H and O–H groups in total. The number of rotatable bonds is 5. The third-order valence-electron chi connectivity index (χ3n) is 3.63. The van der Waals surface area contributed by atoms with E-state index in [1.54, 1.807) is 6.26 Å². The van der Waals surface area contributed by atoms with Crippen LogP contribution in [0, 0.1) is 0 Å². The lowest BCUT2D eigenvalue weighted by Gasteiger charge is -2.28. The van der Waals surface area contributed by atoms with E-state index in [0.717, 1.165) is 13.1 Å². The van der Waals surface area contributed by atoms with E-state index >= 15 is 0 Å². The molecule has 106 valence electrons. The molecule has 0 bridgehead atoms. The zero-order valence-electron chi connectivity index (χ0n) is 12.1. The van der Waals surface area contributed by atoms with Gasteiger partial charge in [-0.3, -0.25) is 4.21 Å². The van der Waals surface area contributed by atoms with Crippen molar-refractivity contribution in [2.75, 3.05) is 30.5 Å².